The first kappa shape index (κ1) is 18.4. The molecule has 1 atom stereocenters. The summed E-state index contributed by atoms with van der Waals surface area (Å²) in [5.74, 6) is 1.73. The van der Waals surface area contributed by atoms with E-state index < -0.39 is 0 Å². The second-order valence-electron chi connectivity index (χ2n) is 7.15. The molecule has 28 heavy (non-hydrogen) atoms. The summed E-state index contributed by atoms with van der Waals surface area (Å²) in [5.41, 5.74) is 2.74. The van der Waals surface area contributed by atoms with Crippen molar-refractivity contribution in [2.45, 2.75) is 25.3 Å². The summed E-state index contributed by atoms with van der Waals surface area (Å²) in [6, 6.07) is 13.5. The fourth-order valence-electron chi connectivity index (χ4n) is 3.84. The molecule has 1 N–H and O–H groups in total. The highest BCUT2D eigenvalue weighted by molar-refractivity contribution is 5.52. The van der Waals surface area contributed by atoms with Gasteiger partial charge >= 0.3 is 0 Å². The molecule has 1 saturated heterocycles. The number of nitrogens with zero attached hydrogens (tertiary/aromatic N) is 3. The third-order valence-corrected chi connectivity index (χ3v) is 5.21. The lowest BCUT2D eigenvalue weighted by Crippen LogP contribution is -2.34. The molecule has 6 nitrogen and oxygen atoms in total. The number of ether oxygens (including phenoxy) is 1. The number of rotatable bonds is 5. The largest absolute Gasteiger partial charge is 0.496 e. The topological polar surface area (TPSA) is 71.1 Å². The molecule has 0 unspecified atom stereocenters. The van der Waals surface area contributed by atoms with Crippen molar-refractivity contribution < 1.29 is 4.74 Å². The van der Waals surface area contributed by atoms with Gasteiger partial charge in [-0.1, -0.05) is 18.2 Å². The number of aromatic nitrogens is 3. The van der Waals surface area contributed by atoms with Crippen LogP contribution in [0.1, 0.15) is 30.0 Å². The Labute approximate surface area is 164 Å². The molecule has 0 bridgehead atoms. The third kappa shape index (κ3) is 4.12. The minimum atomic E-state index is -0.120. The fourth-order valence-corrected chi connectivity index (χ4v) is 3.84. The summed E-state index contributed by atoms with van der Waals surface area (Å²) in [6.07, 6.45) is 5.54. The van der Waals surface area contributed by atoms with Crippen LogP contribution in [0.2, 0.25) is 0 Å². The van der Waals surface area contributed by atoms with Gasteiger partial charge in [0.05, 0.1) is 12.8 Å². The summed E-state index contributed by atoms with van der Waals surface area (Å²) in [6.45, 7) is 2.74. The molecule has 1 aromatic carbocycles. The Hall–Kier alpha value is -2.99. The summed E-state index contributed by atoms with van der Waals surface area (Å²) >= 11 is 0. The predicted octanol–water partition coefficient (Wildman–Crippen LogP) is 3.22. The molecule has 0 radical (unpaired) electrons. The van der Waals surface area contributed by atoms with Gasteiger partial charge in [0.1, 0.15) is 11.6 Å². The van der Waals surface area contributed by atoms with Crippen molar-refractivity contribution in [2.75, 3.05) is 20.2 Å². The highest BCUT2D eigenvalue weighted by Crippen LogP contribution is 2.28. The third-order valence-electron chi connectivity index (χ3n) is 5.21. The van der Waals surface area contributed by atoms with Crippen molar-refractivity contribution in [3.63, 3.8) is 0 Å². The van der Waals surface area contributed by atoms with E-state index in [1.54, 1.807) is 25.6 Å². The van der Waals surface area contributed by atoms with Gasteiger partial charge in [-0.2, -0.15) is 0 Å². The van der Waals surface area contributed by atoms with Crippen molar-refractivity contribution in [2.24, 2.45) is 0 Å². The lowest BCUT2D eigenvalue weighted by Gasteiger charge is -2.32. The Bertz CT molecular complexity index is 987. The second kappa shape index (κ2) is 8.35. The van der Waals surface area contributed by atoms with Crippen molar-refractivity contribution >= 4 is 0 Å². The molecule has 0 saturated carbocycles. The van der Waals surface area contributed by atoms with Gasteiger partial charge in [-0.05, 0) is 37.6 Å². The molecule has 0 aliphatic carbocycles. The van der Waals surface area contributed by atoms with Gasteiger partial charge < -0.3 is 9.72 Å². The standard InChI is InChI=1S/C22H24N4O2/c1-28-20-9-3-2-6-18(20)15-26-11-5-8-17(14-26)19-12-21(27)25-22(24-19)16-7-4-10-23-13-16/h2-4,6-7,9-10,12-13,17H,5,8,11,14-15H2,1H3,(H,24,25,27)/t17-/m1/s1. The van der Waals surface area contributed by atoms with E-state index in [0.29, 0.717) is 5.82 Å². The number of hydrogen-bond donors (Lipinski definition) is 1. The van der Waals surface area contributed by atoms with Gasteiger partial charge in [0.15, 0.2) is 0 Å². The molecule has 0 amide bonds. The first-order valence-electron chi connectivity index (χ1n) is 9.59. The minimum absolute atomic E-state index is 0.120. The zero-order valence-corrected chi connectivity index (χ0v) is 16.0. The maximum absolute atomic E-state index is 12.2. The smallest absolute Gasteiger partial charge is 0.251 e. The van der Waals surface area contributed by atoms with E-state index in [4.69, 9.17) is 9.72 Å². The number of hydrogen-bond acceptors (Lipinski definition) is 5. The van der Waals surface area contributed by atoms with E-state index >= 15 is 0 Å². The van der Waals surface area contributed by atoms with Gasteiger partial charge in [-0.3, -0.25) is 14.7 Å². The number of piperidine rings is 1. The number of likely N-dealkylation sites (tertiary alicyclic amines) is 1. The molecule has 4 rings (SSSR count). The molecule has 1 fully saturated rings. The fraction of sp³-hybridized carbons (Fsp3) is 0.318. The van der Waals surface area contributed by atoms with E-state index in [1.165, 1.54) is 5.56 Å². The van der Waals surface area contributed by atoms with Gasteiger partial charge in [-0.25, -0.2) is 4.98 Å². The first-order valence-corrected chi connectivity index (χ1v) is 9.59. The molecule has 0 spiro atoms. The highest BCUT2D eigenvalue weighted by atomic mass is 16.5. The van der Waals surface area contributed by atoms with Crippen LogP contribution in [0.5, 0.6) is 5.75 Å². The van der Waals surface area contributed by atoms with E-state index in [1.807, 2.05) is 30.3 Å². The Morgan fingerprint density at radius 1 is 1.25 bits per heavy atom. The van der Waals surface area contributed by atoms with Crippen molar-refractivity contribution in [3.05, 3.63) is 76.5 Å². The molecule has 6 heteroatoms. The van der Waals surface area contributed by atoms with Gasteiger partial charge in [-0.15, -0.1) is 0 Å². The Morgan fingerprint density at radius 3 is 2.96 bits per heavy atom. The van der Waals surface area contributed by atoms with Crippen LogP contribution in [0.4, 0.5) is 0 Å². The zero-order valence-electron chi connectivity index (χ0n) is 16.0. The number of para-hydroxylation sites is 1. The Morgan fingerprint density at radius 2 is 2.14 bits per heavy atom. The maximum atomic E-state index is 12.2. The van der Waals surface area contributed by atoms with E-state index in [-0.39, 0.29) is 11.5 Å². The number of methoxy groups -OCH3 is 1. The molecule has 1 aliphatic rings. The Balaban J connectivity index is 1.55. The van der Waals surface area contributed by atoms with Gasteiger partial charge in [0.25, 0.3) is 5.56 Å². The van der Waals surface area contributed by atoms with Crippen LogP contribution in [-0.4, -0.2) is 40.1 Å². The van der Waals surface area contributed by atoms with E-state index in [9.17, 15) is 4.79 Å². The number of H-pyrrole nitrogens is 1. The molecule has 144 valence electrons. The summed E-state index contributed by atoms with van der Waals surface area (Å²) < 4.78 is 5.49. The molecule has 1 aliphatic heterocycles. The number of aromatic amines is 1. The zero-order chi connectivity index (χ0) is 19.3. The van der Waals surface area contributed by atoms with E-state index in [2.05, 4.69) is 20.9 Å². The normalized spacial score (nSPS) is 17.4. The maximum Gasteiger partial charge on any atom is 0.251 e. The average Bonchev–Trinajstić information content (AvgIpc) is 2.74. The molecule has 2 aromatic heterocycles. The molecular formula is C22H24N4O2. The lowest BCUT2D eigenvalue weighted by molar-refractivity contribution is 0.196. The van der Waals surface area contributed by atoms with Crippen LogP contribution in [-0.2, 0) is 6.54 Å². The van der Waals surface area contributed by atoms with Gasteiger partial charge in [0, 0.05) is 48.6 Å². The van der Waals surface area contributed by atoms with Crippen LogP contribution in [0.15, 0.2) is 59.7 Å². The highest BCUT2D eigenvalue weighted by Gasteiger charge is 2.24. The second-order valence-corrected chi connectivity index (χ2v) is 7.15. The average molecular weight is 376 g/mol. The summed E-state index contributed by atoms with van der Waals surface area (Å²) in [7, 11) is 1.71. The number of pyridine rings is 1. The van der Waals surface area contributed by atoms with E-state index in [0.717, 1.165) is 49.5 Å². The minimum Gasteiger partial charge on any atom is -0.496 e. The summed E-state index contributed by atoms with van der Waals surface area (Å²) in [4.78, 5) is 26.4. The van der Waals surface area contributed by atoms with Crippen molar-refractivity contribution in [1.29, 1.82) is 0 Å². The van der Waals surface area contributed by atoms with Crippen LogP contribution >= 0.6 is 0 Å². The quantitative estimate of drug-likeness (QED) is 0.740. The monoisotopic (exact) mass is 376 g/mol. The van der Waals surface area contributed by atoms with Crippen LogP contribution < -0.4 is 10.3 Å². The summed E-state index contributed by atoms with van der Waals surface area (Å²) in [5, 5.41) is 0. The van der Waals surface area contributed by atoms with Gasteiger partial charge in [0.2, 0.25) is 0 Å². The number of benzene rings is 1. The molecule has 3 aromatic rings. The first-order chi connectivity index (χ1) is 13.7. The number of nitrogens with one attached hydrogen (secondary N) is 1. The lowest BCUT2D eigenvalue weighted by atomic mass is 9.94. The van der Waals surface area contributed by atoms with Crippen LogP contribution in [0.3, 0.4) is 0 Å². The predicted molar refractivity (Wildman–Crippen MR) is 108 cm³/mol. The molecular weight excluding hydrogens is 352 g/mol. The molecule has 3 heterocycles. The van der Waals surface area contributed by atoms with Crippen molar-refractivity contribution in [3.8, 4) is 17.1 Å². The Kier molecular flexibility index (Phi) is 5.48. The van der Waals surface area contributed by atoms with Crippen molar-refractivity contribution in [1.82, 2.24) is 19.9 Å². The van der Waals surface area contributed by atoms with Crippen LogP contribution in [0, 0.1) is 0 Å². The van der Waals surface area contributed by atoms with Crippen LogP contribution in [0.25, 0.3) is 11.4 Å². The SMILES string of the molecule is COc1ccccc1CN1CCC[C@@H](c2cc(=O)[nH]c(-c3cccnc3)n2)C1.